The number of nitrogens with zero attached hydrogens (tertiary/aromatic N) is 4. The Labute approximate surface area is 303 Å². The van der Waals surface area contributed by atoms with E-state index in [1.165, 1.54) is 4.68 Å². The van der Waals surface area contributed by atoms with Gasteiger partial charge in [0.25, 0.3) is 5.91 Å². The van der Waals surface area contributed by atoms with Crippen molar-refractivity contribution in [1.29, 1.82) is 0 Å². The second-order valence-corrected chi connectivity index (χ2v) is 14.4. The molecule has 4 heterocycles. The highest BCUT2D eigenvalue weighted by molar-refractivity contribution is 6.31. The van der Waals surface area contributed by atoms with E-state index in [2.05, 4.69) is 34.6 Å². The van der Waals surface area contributed by atoms with Crippen LogP contribution in [0.2, 0.25) is 5.02 Å². The molecule has 1 unspecified atom stereocenters. The first-order chi connectivity index (χ1) is 24.6. The molecule has 13 heteroatoms. The van der Waals surface area contributed by atoms with E-state index in [1.54, 1.807) is 31.3 Å². The fourth-order valence-corrected chi connectivity index (χ4v) is 8.11. The van der Waals surface area contributed by atoms with Crippen LogP contribution in [0.4, 0.5) is 0 Å². The third-order valence-corrected chi connectivity index (χ3v) is 10.9. The molecule has 0 radical (unpaired) electrons. The van der Waals surface area contributed by atoms with E-state index in [4.69, 9.17) is 26.1 Å². The quantitative estimate of drug-likeness (QED) is 0.189. The number of carbonyl (C=O) groups is 3. The number of hydrogen-bond donors (Lipinski definition) is 3. The summed E-state index contributed by atoms with van der Waals surface area (Å²) in [6.07, 6.45) is 3.47. The molecule has 3 N–H and O–H groups in total. The Hall–Kier alpha value is -4.26. The molecule has 0 bridgehead atoms. The molecule has 4 atom stereocenters. The molecule has 272 valence electrons. The molecule has 0 spiro atoms. The number of halogens is 1. The lowest BCUT2D eigenvalue weighted by Gasteiger charge is -2.39. The average Bonchev–Trinajstić information content (AvgIpc) is 3.89. The lowest BCUT2D eigenvalue weighted by molar-refractivity contribution is -0.146. The zero-order valence-corrected chi connectivity index (χ0v) is 30.7. The molecule has 0 saturated carbocycles. The van der Waals surface area contributed by atoms with E-state index >= 15 is 0 Å². The Morgan fingerprint density at radius 2 is 1.86 bits per heavy atom. The maximum absolute atomic E-state index is 14.7. The van der Waals surface area contributed by atoms with Gasteiger partial charge in [-0.3, -0.25) is 19.1 Å². The van der Waals surface area contributed by atoms with Gasteiger partial charge in [0.2, 0.25) is 11.8 Å². The number of rotatable bonds is 12. The van der Waals surface area contributed by atoms with E-state index in [1.807, 2.05) is 49.4 Å². The Kier molecular flexibility index (Phi) is 11.1. The highest BCUT2D eigenvalue weighted by atomic mass is 35.5. The highest BCUT2D eigenvalue weighted by Crippen LogP contribution is 2.41. The summed E-state index contributed by atoms with van der Waals surface area (Å²) in [6, 6.07) is 13.9. The van der Waals surface area contributed by atoms with Gasteiger partial charge in [0.15, 0.2) is 0 Å². The first-order valence-corrected chi connectivity index (χ1v) is 18.2. The minimum atomic E-state index is -0.991. The minimum Gasteiger partial charge on any atom is -0.381 e. The van der Waals surface area contributed by atoms with Gasteiger partial charge in [-0.25, -0.2) is 4.98 Å². The SMILES string of the molecule is CCNC(=O)[C@@H](C1CCOCC1)N(C)C(=O)C1(c2ccc3nc([C@@H](NC(=O)c4ccnn4C)[C@H](c4ccccc4Cl)C(C)C)[nH]c3c2)CCOC1. The zero-order valence-electron chi connectivity index (χ0n) is 29.9. The molecule has 0 aliphatic carbocycles. The van der Waals surface area contributed by atoms with E-state index in [0.29, 0.717) is 67.7 Å². The van der Waals surface area contributed by atoms with Crippen LogP contribution in [0.5, 0.6) is 0 Å². The van der Waals surface area contributed by atoms with Gasteiger partial charge < -0.3 is 30.0 Å². The van der Waals surface area contributed by atoms with Gasteiger partial charge in [-0.05, 0) is 73.4 Å². The lowest BCUT2D eigenvalue weighted by atomic mass is 9.77. The molecule has 6 rings (SSSR count). The number of benzene rings is 2. The molecule has 2 saturated heterocycles. The normalized spacial score (nSPS) is 19.9. The number of imidazole rings is 1. The van der Waals surface area contributed by atoms with Crippen LogP contribution in [0, 0.1) is 11.8 Å². The number of likely N-dealkylation sites (N-methyl/N-ethyl adjacent to an activating group) is 2. The number of hydrogen-bond acceptors (Lipinski definition) is 7. The molecule has 12 nitrogen and oxygen atoms in total. The van der Waals surface area contributed by atoms with Gasteiger partial charge in [0.05, 0.1) is 29.1 Å². The standard InChI is InChI=1S/C38H48ClN7O5/c1-6-40-36(48)33(24-14-18-50-19-15-24)45(4)37(49)38(16-20-51-22-38)25-11-12-28-29(21-25)43-34(42-28)32(44-35(47)30-13-17-41-46(30)5)31(23(2)3)26-9-7-8-10-27(26)39/h7-13,17,21,23-24,31-33H,6,14-16,18-20,22H2,1-5H3,(H,40,48)(H,42,43)(H,44,47)/t31-,32-,33+,38?/m0/s1. The first-order valence-electron chi connectivity index (χ1n) is 17.8. The van der Waals surface area contributed by atoms with E-state index < -0.39 is 17.5 Å². The van der Waals surface area contributed by atoms with Crippen LogP contribution in [0.15, 0.2) is 54.7 Å². The summed E-state index contributed by atoms with van der Waals surface area (Å²) in [5, 5.41) is 11.0. The van der Waals surface area contributed by atoms with Crippen LogP contribution in [-0.2, 0) is 31.5 Å². The summed E-state index contributed by atoms with van der Waals surface area (Å²) in [4.78, 5) is 52.0. The summed E-state index contributed by atoms with van der Waals surface area (Å²) in [6.45, 7) is 8.30. The predicted octanol–water partition coefficient (Wildman–Crippen LogP) is 4.91. The summed E-state index contributed by atoms with van der Waals surface area (Å²) in [5.74, 6) is -0.222. The summed E-state index contributed by atoms with van der Waals surface area (Å²) >= 11 is 6.77. The molecular formula is C38H48ClN7O5. The van der Waals surface area contributed by atoms with Crippen molar-refractivity contribution >= 4 is 40.4 Å². The van der Waals surface area contributed by atoms with Crippen molar-refractivity contribution in [2.45, 2.75) is 63.5 Å². The molecule has 2 fully saturated rings. The number of aromatic amines is 1. The number of carbonyl (C=O) groups excluding carboxylic acids is 3. The fourth-order valence-electron chi connectivity index (χ4n) is 7.85. The van der Waals surface area contributed by atoms with Crippen LogP contribution in [0.1, 0.15) is 79.4 Å². The van der Waals surface area contributed by atoms with Crippen LogP contribution >= 0.6 is 11.6 Å². The monoisotopic (exact) mass is 717 g/mol. The molecule has 51 heavy (non-hydrogen) atoms. The maximum Gasteiger partial charge on any atom is 0.270 e. The minimum absolute atomic E-state index is 0.0122. The first kappa shape index (κ1) is 36.5. The molecule has 2 aromatic carbocycles. The third kappa shape index (κ3) is 7.27. The van der Waals surface area contributed by atoms with Gasteiger partial charge in [-0.15, -0.1) is 0 Å². The Bertz CT molecular complexity index is 1860. The van der Waals surface area contributed by atoms with Crippen molar-refractivity contribution in [2.75, 3.05) is 40.0 Å². The lowest BCUT2D eigenvalue weighted by Crippen LogP contribution is -2.57. The second-order valence-electron chi connectivity index (χ2n) is 14.0. The average molecular weight is 718 g/mol. The number of ether oxygens (including phenoxy) is 2. The van der Waals surface area contributed by atoms with Crippen LogP contribution in [-0.4, -0.2) is 88.4 Å². The summed E-state index contributed by atoms with van der Waals surface area (Å²) in [7, 11) is 3.46. The van der Waals surface area contributed by atoms with Crippen molar-refractivity contribution < 1.29 is 23.9 Å². The predicted molar refractivity (Wildman–Crippen MR) is 194 cm³/mol. The number of aryl methyl sites for hydroxylation is 1. The highest BCUT2D eigenvalue weighted by Gasteiger charge is 2.49. The van der Waals surface area contributed by atoms with Gasteiger partial charge in [0, 0.05) is 57.6 Å². The number of nitrogens with one attached hydrogen (secondary N) is 3. The van der Waals surface area contributed by atoms with Crippen molar-refractivity contribution in [3.8, 4) is 0 Å². The zero-order chi connectivity index (χ0) is 36.3. The summed E-state index contributed by atoms with van der Waals surface area (Å²) in [5.41, 5.74) is 2.51. The molecule has 4 aromatic rings. The van der Waals surface area contributed by atoms with E-state index in [0.717, 1.165) is 16.6 Å². The largest absolute Gasteiger partial charge is 0.381 e. The van der Waals surface area contributed by atoms with E-state index in [9.17, 15) is 14.4 Å². The van der Waals surface area contributed by atoms with Gasteiger partial charge in [0.1, 0.15) is 17.6 Å². The smallest absolute Gasteiger partial charge is 0.270 e. The van der Waals surface area contributed by atoms with E-state index in [-0.39, 0.29) is 42.1 Å². The van der Waals surface area contributed by atoms with Crippen LogP contribution in [0.3, 0.4) is 0 Å². The molecule has 2 aliphatic rings. The molecular weight excluding hydrogens is 670 g/mol. The van der Waals surface area contributed by atoms with Crippen molar-refractivity contribution in [1.82, 2.24) is 35.3 Å². The topological polar surface area (TPSA) is 143 Å². The molecule has 2 aliphatic heterocycles. The van der Waals surface area contributed by atoms with Crippen LogP contribution < -0.4 is 10.6 Å². The van der Waals surface area contributed by atoms with Gasteiger partial charge in [-0.1, -0.05) is 49.7 Å². The molecule has 2 aromatic heterocycles. The second kappa shape index (κ2) is 15.5. The fraction of sp³-hybridized carbons (Fsp3) is 0.500. The Morgan fingerprint density at radius 3 is 2.51 bits per heavy atom. The Morgan fingerprint density at radius 1 is 1.10 bits per heavy atom. The summed E-state index contributed by atoms with van der Waals surface area (Å²) < 4.78 is 13.0. The van der Waals surface area contributed by atoms with Crippen molar-refractivity contribution in [2.24, 2.45) is 18.9 Å². The number of aromatic nitrogens is 4. The van der Waals surface area contributed by atoms with Crippen molar-refractivity contribution in [3.05, 3.63) is 82.4 Å². The maximum atomic E-state index is 14.7. The van der Waals surface area contributed by atoms with Gasteiger partial charge in [-0.2, -0.15) is 5.10 Å². The van der Waals surface area contributed by atoms with Crippen LogP contribution in [0.25, 0.3) is 11.0 Å². The Balaban J connectivity index is 1.39. The third-order valence-electron chi connectivity index (χ3n) is 10.5. The van der Waals surface area contributed by atoms with Crippen molar-refractivity contribution in [3.63, 3.8) is 0 Å². The van der Waals surface area contributed by atoms with Gasteiger partial charge >= 0.3 is 0 Å². The number of amides is 3. The molecule has 3 amide bonds. The number of H-pyrrole nitrogens is 1. The number of fused-ring (bicyclic) bond motifs is 1.